The van der Waals surface area contributed by atoms with Gasteiger partial charge >= 0.3 is 6.36 Å². The predicted molar refractivity (Wildman–Crippen MR) is 45.4 cm³/mol. The van der Waals surface area contributed by atoms with Gasteiger partial charge in [0, 0.05) is 6.54 Å². The van der Waals surface area contributed by atoms with Crippen molar-refractivity contribution < 1.29 is 22.6 Å². The first-order chi connectivity index (χ1) is 6.96. The number of hydrogen-bond donors (Lipinski definition) is 1. The van der Waals surface area contributed by atoms with Crippen LogP contribution in [-0.4, -0.2) is 18.5 Å². The molecule has 0 aliphatic rings. The van der Waals surface area contributed by atoms with Crippen LogP contribution >= 0.6 is 0 Å². The van der Waals surface area contributed by atoms with Crippen LogP contribution in [0, 0.1) is 0 Å². The van der Waals surface area contributed by atoms with Crippen molar-refractivity contribution in [1.29, 1.82) is 0 Å². The zero-order valence-electron chi connectivity index (χ0n) is 7.84. The average molecular weight is 222 g/mol. The fourth-order valence-electron chi connectivity index (χ4n) is 0.928. The fraction of sp³-hybridized carbons (Fsp3) is 0.375. The van der Waals surface area contributed by atoms with Crippen molar-refractivity contribution in [3.63, 3.8) is 0 Å². The van der Waals surface area contributed by atoms with Gasteiger partial charge in [0.25, 0.3) is 5.88 Å². The Kier molecular flexibility index (Phi) is 3.35. The highest BCUT2D eigenvalue weighted by molar-refractivity contribution is 5.34. The summed E-state index contributed by atoms with van der Waals surface area (Å²) in [5.74, 6) is -0.725. The molecule has 0 radical (unpaired) electrons. The van der Waals surface area contributed by atoms with E-state index in [4.69, 9.17) is 5.73 Å². The Morgan fingerprint density at radius 2 is 2.07 bits per heavy atom. The summed E-state index contributed by atoms with van der Waals surface area (Å²) < 4.78 is 44.1. The van der Waals surface area contributed by atoms with Gasteiger partial charge in [0.2, 0.25) is 0 Å². The summed E-state index contributed by atoms with van der Waals surface area (Å²) in [6.07, 6.45) is -4.76. The summed E-state index contributed by atoms with van der Waals surface area (Å²) in [4.78, 5) is 3.72. The van der Waals surface area contributed by atoms with E-state index >= 15 is 0 Å². The third-order valence-electron chi connectivity index (χ3n) is 1.51. The lowest BCUT2D eigenvalue weighted by atomic mass is 10.3. The Hall–Kier alpha value is -1.50. The third-order valence-corrected chi connectivity index (χ3v) is 1.51. The topological polar surface area (TPSA) is 57.4 Å². The van der Waals surface area contributed by atoms with Crippen molar-refractivity contribution in [3.8, 4) is 11.6 Å². The molecular weight excluding hydrogens is 213 g/mol. The van der Waals surface area contributed by atoms with E-state index in [0.29, 0.717) is 5.69 Å². The van der Waals surface area contributed by atoms with Gasteiger partial charge in [-0.15, -0.1) is 13.2 Å². The molecule has 0 aliphatic heterocycles. The molecule has 0 amide bonds. The summed E-state index contributed by atoms with van der Waals surface area (Å²) in [6, 6.07) is 2.45. The van der Waals surface area contributed by atoms with E-state index < -0.39 is 12.1 Å². The van der Waals surface area contributed by atoms with Crippen molar-refractivity contribution in [3.05, 3.63) is 17.8 Å². The Labute approximate surface area is 83.8 Å². The number of ether oxygens (including phenoxy) is 2. The molecule has 0 spiro atoms. The van der Waals surface area contributed by atoms with E-state index in [2.05, 4.69) is 14.5 Å². The number of hydrogen-bond acceptors (Lipinski definition) is 4. The summed E-state index contributed by atoms with van der Waals surface area (Å²) in [7, 11) is 1.20. The van der Waals surface area contributed by atoms with Gasteiger partial charge in [0.15, 0.2) is 5.75 Å². The minimum absolute atomic E-state index is 0.114. The first-order valence-corrected chi connectivity index (χ1v) is 3.96. The molecule has 2 N–H and O–H groups in total. The Morgan fingerprint density at radius 1 is 1.40 bits per heavy atom. The van der Waals surface area contributed by atoms with Gasteiger partial charge in [0.1, 0.15) is 0 Å². The van der Waals surface area contributed by atoms with Crippen LogP contribution in [0.4, 0.5) is 13.2 Å². The Morgan fingerprint density at radius 3 is 2.53 bits per heavy atom. The van der Waals surface area contributed by atoms with E-state index in [9.17, 15) is 13.2 Å². The summed E-state index contributed by atoms with van der Waals surface area (Å²) in [5, 5.41) is 0. The highest BCUT2D eigenvalue weighted by Gasteiger charge is 2.32. The monoisotopic (exact) mass is 222 g/mol. The average Bonchev–Trinajstić information content (AvgIpc) is 2.16. The van der Waals surface area contributed by atoms with Gasteiger partial charge in [0.05, 0.1) is 12.8 Å². The van der Waals surface area contributed by atoms with E-state index in [1.807, 2.05) is 0 Å². The third kappa shape index (κ3) is 3.28. The molecule has 0 aromatic carbocycles. The zero-order valence-corrected chi connectivity index (χ0v) is 7.84. The standard InChI is InChI=1S/C8H9F3N2O2/c1-14-7-6(15-8(9,10)11)3-2-5(4-12)13-7/h2-3H,4,12H2,1H3. The van der Waals surface area contributed by atoms with E-state index in [-0.39, 0.29) is 12.4 Å². The molecule has 1 heterocycles. The second kappa shape index (κ2) is 4.35. The van der Waals surface area contributed by atoms with Crippen LogP contribution in [0.3, 0.4) is 0 Å². The van der Waals surface area contributed by atoms with Crippen molar-refractivity contribution >= 4 is 0 Å². The first kappa shape index (κ1) is 11.6. The fourth-order valence-corrected chi connectivity index (χ4v) is 0.928. The second-order valence-corrected chi connectivity index (χ2v) is 2.56. The van der Waals surface area contributed by atoms with Gasteiger partial charge in [-0.2, -0.15) is 0 Å². The first-order valence-electron chi connectivity index (χ1n) is 3.96. The second-order valence-electron chi connectivity index (χ2n) is 2.56. The quantitative estimate of drug-likeness (QED) is 0.840. The SMILES string of the molecule is COc1nc(CN)ccc1OC(F)(F)F. The Balaban J connectivity index is 2.97. The highest BCUT2D eigenvalue weighted by atomic mass is 19.4. The number of aromatic nitrogens is 1. The molecule has 0 saturated heterocycles. The number of halogens is 3. The molecule has 1 rings (SSSR count). The van der Waals surface area contributed by atoms with Crippen molar-refractivity contribution in [2.75, 3.05) is 7.11 Å². The summed E-state index contributed by atoms with van der Waals surface area (Å²) in [6.45, 7) is 0.114. The minimum atomic E-state index is -4.76. The number of methoxy groups -OCH3 is 1. The number of rotatable bonds is 3. The van der Waals surface area contributed by atoms with Crippen molar-refractivity contribution in [2.24, 2.45) is 5.73 Å². The molecule has 1 aromatic heterocycles. The van der Waals surface area contributed by atoms with Gasteiger partial charge in [-0.1, -0.05) is 0 Å². The summed E-state index contributed by atoms with van der Waals surface area (Å²) >= 11 is 0. The van der Waals surface area contributed by atoms with Gasteiger partial charge in [-0.05, 0) is 12.1 Å². The van der Waals surface area contributed by atoms with Crippen LogP contribution in [0.15, 0.2) is 12.1 Å². The van der Waals surface area contributed by atoms with Crippen LogP contribution < -0.4 is 15.2 Å². The molecule has 0 atom stereocenters. The van der Waals surface area contributed by atoms with Gasteiger partial charge in [-0.25, -0.2) is 4.98 Å². The molecule has 7 heteroatoms. The maximum atomic E-state index is 11.9. The van der Waals surface area contributed by atoms with Gasteiger partial charge < -0.3 is 15.2 Å². The predicted octanol–water partition coefficient (Wildman–Crippen LogP) is 1.45. The minimum Gasteiger partial charge on any atom is -0.478 e. The summed E-state index contributed by atoms with van der Waals surface area (Å²) in [5.41, 5.74) is 5.69. The van der Waals surface area contributed by atoms with Crippen molar-refractivity contribution in [2.45, 2.75) is 12.9 Å². The van der Waals surface area contributed by atoms with Gasteiger partial charge in [-0.3, -0.25) is 0 Å². The Bertz CT molecular complexity index is 341. The highest BCUT2D eigenvalue weighted by Crippen LogP contribution is 2.30. The maximum absolute atomic E-state index is 11.9. The molecule has 1 aromatic rings. The smallest absolute Gasteiger partial charge is 0.478 e. The maximum Gasteiger partial charge on any atom is 0.573 e. The molecule has 84 valence electrons. The number of alkyl halides is 3. The van der Waals surface area contributed by atoms with E-state index in [0.717, 1.165) is 6.07 Å². The molecule has 15 heavy (non-hydrogen) atoms. The number of pyridine rings is 1. The van der Waals surface area contributed by atoms with Crippen LogP contribution in [0.2, 0.25) is 0 Å². The van der Waals surface area contributed by atoms with E-state index in [1.54, 1.807) is 0 Å². The molecule has 0 aliphatic carbocycles. The lowest BCUT2D eigenvalue weighted by molar-refractivity contribution is -0.275. The van der Waals surface area contributed by atoms with E-state index in [1.165, 1.54) is 13.2 Å². The van der Waals surface area contributed by atoms with Crippen molar-refractivity contribution in [1.82, 2.24) is 4.98 Å². The largest absolute Gasteiger partial charge is 0.573 e. The zero-order chi connectivity index (χ0) is 11.5. The van der Waals surface area contributed by atoms with Crippen LogP contribution in [0.25, 0.3) is 0 Å². The normalized spacial score (nSPS) is 11.3. The molecular formula is C8H9F3N2O2. The molecule has 4 nitrogen and oxygen atoms in total. The lowest BCUT2D eigenvalue weighted by Crippen LogP contribution is -2.18. The molecule has 0 unspecified atom stereocenters. The molecule has 0 fully saturated rings. The van der Waals surface area contributed by atoms with Crippen LogP contribution in [0.1, 0.15) is 5.69 Å². The van der Waals surface area contributed by atoms with Crippen LogP contribution in [0.5, 0.6) is 11.6 Å². The molecule has 0 bridgehead atoms. The number of nitrogens with zero attached hydrogens (tertiary/aromatic N) is 1. The lowest BCUT2D eigenvalue weighted by Gasteiger charge is -2.11. The van der Waals surface area contributed by atoms with Crippen LogP contribution in [-0.2, 0) is 6.54 Å². The molecule has 0 saturated carbocycles. The number of nitrogens with two attached hydrogens (primary N) is 1.